The summed E-state index contributed by atoms with van der Waals surface area (Å²) >= 11 is 0. The van der Waals surface area contributed by atoms with Crippen molar-refractivity contribution < 1.29 is 14.3 Å². The molecule has 2 aliphatic rings. The molecule has 128 valence electrons. The highest BCUT2D eigenvalue weighted by atomic mass is 16.6. The zero-order valence-electron chi connectivity index (χ0n) is 14.0. The molecule has 0 radical (unpaired) electrons. The summed E-state index contributed by atoms with van der Waals surface area (Å²) in [6, 6.07) is 8.38. The number of amides is 1. The third-order valence-corrected chi connectivity index (χ3v) is 4.64. The molecule has 1 amide bonds. The largest absolute Gasteiger partial charge is 0.486 e. The van der Waals surface area contributed by atoms with E-state index in [0.717, 1.165) is 30.9 Å². The molecule has 3 rings (SSSR count). The molecule has 1 aromatic rings. The topological polar surface area (TPSA) is 65.8 Å². The van der Waals surface area contributed by atoms with Gasteiger partial charge in [0.15, 0.2) is 11.5 Å². The Kier molecular flexibility index (Phi) is 5.21. The number of benzene rings is 1. The van der Waals surface area contributed by atoms with E-state index in [1.165, 1.54) is 5.56 Å². The number of likely N-dealkylation sites (N-methyl/N-ethyl adjacent to an activating group) is 1. The normalized spacial score (nSPS) is 19.8. The van der Waals surface area contributed by atoms with E-state index in [4.69, 9.17) is 14.7 Å². The van der Waals surface area contributed by atoms with Gasteiger partial charge in [-0.05, 0) is 37.1 Å². The molecule has 2 heterocycles. The highest BCUT2D eigenvalue weighted by Crippen LogP contribution is 2.37. The van der Waals surface area contributed by atoms with E-state index in [0.29, 0.717) is 32.7 Å². The lowest BCUT2D eigenvalue weighted by Crippen LogP contribution is -2.38. The predicted molar refractivity (Wildman–Crippen MR) is 88.8 cm³/mol. The molecule has 1 aromatic carbocycles. The van der Waals surface area contributed by atoms with Crippen LogP contribution in [0, 0.1) is 11.3 Å². The Balaban J connectivity index is 1.67. The summed E-state index contributed by atoms with van der Waals surface area (Å²) in [6.45, 7) is 2.95. The fourth-order valence-corrected chi connectivity index (χ4v) is 3.30. The van der Waals surface area contributed by atoms with Crippen LogP contribution in [-0.4, -0.2) is 55.6 Å². The van der Waals surface area contributed by atoms with Crippen LogP contribution in [0.2, 0.25) is 0 Å². The lowest BCUT2D eigenvalue weighted by molar-refractivity contribution is -0.131. The van der Waals surface area contributed by atoms with Crippen LogP contribution in [0.5, 0.6) is 11.5 Å². The molecular weight excluding hydrogens is 306 g/mol. The molecule has 0 unspecified atom stereocenters. The summed E-state index contributed by atoms with van der Waals surface area (Å²) < 4.78 is 11.2. The molecule has 1 fully saturated rings. The van der Waals surface area contributed by atoms with Crippen molar-refractivity contribution in [1.82, 2.24) is 9.80 Å². The number of hydrogen-bond donors (Lipinski definition) is 0. The highest BCUT2D eigenvalue weighted by Gasteiger charge is 2.29. The van der Waals surface area contributed by atoms with E-state index in [9.17, 15) is 4.79 Å². The molecule has 0 N–H and O–H groups in total. The second kappa shape index (κ2) is 7.54. The van der Waals surface area contributed by atoms with E-state index in [1.807, 2.05) is 12.1 Å². The van der Waals surface area contributed by atoms with E-state index in [1.54, 1.807) is 11.9 Å². The van der Waals surface area contributed by atoms with Crippen LogP contribution in [0.4, 0.5) is 0 Å². The Bertz CT molecular complexity index is 641. The number of rotatable bonds is 5. The van der Waals surface area contributed by atoms with Crippen LogP contribution in [0.3, 0.4) is 0 Å². The van der Waals surface area contributed by atoms with Gasteiger partial charge in [-0.1, -0.05) is 6.07 Å². The molecule has 1 atom stereocenters. The summed E-state index contributed by atoms with van der Waals surface area (Å²) in [5.74, 6) is 1.65. The van der Waals surface area contributed by atoms with Crippen LogP contribution in [0.1, 0.15) is 30.9 Å². The van der Waals surface area contributed by atoms with Crippen molar-refractivity contribution in [3.8, 4) is 17.6 Å². The van der Waals surface area contributed by atoms with Crippen LogP contribution >= 0.6 is 0 Å². The Morgan fingerprint density at radius 3 is 2.96 bits per heavy atom. The van der Waals surface area contributed by atoms with Crippen molar-refractivity contribution in [2.45, 2.75) is 25.3 Å². The Labute approximate surface area is 142 Å². The summed E-state index contributed by atoms with van der Waals surface area (Å²) in [7, 11) is 1.76. The number of ether oxygens (including phenoxy) is 2. The summed E-state index contributed by atoms with van der Waals surface area (Å²) in [5, 5.41) is 8.65. The predicted octanol–water partition coefficient (Wildman–Crippen LogP) is 1.97. The SMILES string of the molecule is CN(CCC#N)C(=O)CN1CCC[C@H]1c1ccc2c(c1)OCCO2. The molecule has 0 aliphatic carbocycles. The zero-order valence-corrected chi connectivity index (χ0v) is 14.0. The zero-order chi connectivity index (χ0) is 16.9. The first-order valence-corrected chi connectivity index (χ1v) is 8.43. The first-order chi connectivity index (χ1) is 11.7. The molecule has 2 aliphatic heterocycles. The Hall–Kier alpha value is -2.26. The number of nitrogens with zero attached hydrogens (tertiary/aromatic N) is 3. The molecule has 6 nitrogen and oxygen atoms in total. The van der Waals surface area contributed by atoms with Gasteiger partial charge in [0.1, 0.15) is 13.2 Å². The van der Waals surface area contributed by atoms with Crippen LogP contribution in [0.25, 0.3) is 0 Å². The monoisotopic (exact) mass is 329 g/mol. The minimum absolute atomic E-state index is 0.0645. The molecule has 24 heavy (non-hydrogen) atoms. The van der Waals surface area contributed by atoms with Crippen molar-refractivity contribution in [3.63, 3.8) is 0 Å². The maximum atomic E-state index is 12.3. The number of hydrogen-bond acceptors (Lipinski definition) is 5. The molecule has 1 saturated heterocycles. The second-order valence-corrected chi connectivity index (χ2v) is 6.26. The van der Waals surface area contributed by atoms with Gasteiger partial charge in [0.25, 0.3) is 0 Å². The Morgan fingerprint density at radius 2 is 2.17 bits per heavy atom. The van der Waals surface area contributed by atoms with Gasteiger partial charge in [-0.25, -0.2) is 0 Å². The number of carbonyl (C=O) groups excluding carboxylic acids is 1. The molecule has 0 aromatic heterocycles. The summed E-state index contributed by atoms with van der Waals surface area (Å²) in [4.78, 5) is 16.2. The van der Waals surface area contributed by atoms with Gasteiger partial charge in [0.05, 0.1) is 19.0 Å². The quantitative estimate of drug-likeness (QED) is 0.826. The average Bonchev–Trinajstić information content (AvgIpc) is 3.07. The van der Waals surface area contributed by atoms with Gasteiger partial charge < -0.3 is 14.4 Å². The van der Waals surface area contributed by atoms with Crippen LogP contribution in [0.15, 0.2) is 18.2 Å². The van der Waals surface area contributed by atoms with Gasteiger partial charge in [0, 0.05) is 19.6 Å². The fraction of sp³-hybridized carbons (Fsp3) is 0.556. The summed E-state index contributed by atoms with van der Waals surface area (Å²) in [5.41, 5.74) is 1.17. The number of nitriles is 1. The minimum Gasteiger partial charge on any atom is -0.486 e. The van der Waals surface area contributed by atoms with Gasteiger partial charge in [-0.15, -0.1) is 0 Å². The van der Waals surface area contributed by atoms with Gasteiger partial charge in [-0.3, -0.25) is 9.69 Å². The lowest BCUT2D eigenvalue weighted by atomic mass is 10.0. The maximum absolute atomic E-state index is 12.3. The van der Waals surface area contributed by atoms with Crippen molar-refractivity contribution >= 4 is 5.91 Å². The van der Waals surface area contributed by atoms with Gasteiger partial charge in [-0.2, -0.15) is 5.26 Å². The highest BCUT2D eigenvalue weighted by molar-refractivity contribution is 5.78. The van der Waals surface area contributed by atoms with Crippen LogP contribution in [-0.2, 0) is 4.79 Å². The second-order valence-electron chi connectivity index (χ2n) is 6.26. The standard InChI is InChI=1S/C18H23N3O3/c1-20(8-3-7-19)18(22)13-21-9-2-4-15(21)14-5-6-16-17(12-14)24-11-10-23-16/h5-6,12,15H,2-4,8-11,13H2,1H3/t15-/m0/s1. The first kappa shape index (κ1) is 16.6. The summed E-state index contributed by atoms with van der Waals surface area (Å²) in [6.07, 6.45) is 2.48. The molecular formula is C18H23N3O3. The van der Waals surface area contributed by atoms with Crippen molar-refractivity contribution in [1.29, 1.82) is 5.26 Å². The molecule has 6 heteroatoms. The Morgan fingerprint density at radius 1 is 1.38 bits per heavy atom. The van der Waals surface area contributed by atoms with E-state index in [-0.39, 0.29) is 11.9 Å². The first-order valence-electron chi connectivity index (χ1n) is 8.43. The average molecular weight is 329 g/mol. The minimum atomic E-state index is 0.0645. The number of fused-ring (bicyclic) bond motifs is 1. The smallest absolute Gasteiger partial charge is 0.236 e. The molecule has 0 saturated carbocycles. The van der Waals surface area contributed by atoms with Crippen molar-refractivity contribution in [3.05, 3.63) is 23.8 Å². The van der Waals surface area contributed by atoms with Crippen molar-refractivity contribution in [2.24, 2.45) is 0 Å². The molecule has 0 spiro atoms. The van der Waals surface area contributed by atoms with Crippen LogP contribution < -0.4 is 9.47 Å². The fourth-order valence-electron chi connectivity index (χ4n) is 3.30. The van der Waals surface area contributed by atoms with Gasteiger partial charge >= 0.3 is 0 Å². The van der Waals surface area contributed by atoms with E-state index in [2.05, 4.69) is 17.0 Å². The number of carbonyl (C=O) groups is 1. The lowest BCUT2D eigenvalue weighted by Gasteiger charge is -2.27. The van der Waals surface area contributed by atoms with Gasteiger partial charge in [0.2, 0.25) is 5.91 Å². The van der Waals surface area contributed by atoms with Crippen molar-refractivity contribution in [2.75, 3.05) is 39.9 Å². The van der Waals surface area contributed by atoms with E-state index < -0.39 is 0 Å². The third kappa shape index (κ3) is 3.62. The van der Waals surface area contributed by atoms with E-state index >= 15 is 0 Å². The molecule has 0 bridgehead atoms. The third-order valence-electron chi connectivity index (χ3n) is 4.64. The maximum Gasteiger partial charge on any atom is 0.236 e. The number of likely N-dealkylation sites (tertiary alicyclic amines) is 1.